The molecule has 1 nitrogen and oxygen atoms in total. The first-order valence-electron chi connectivity index (χ1n) is 4.02. The molecule has 0 bridgehead atoms. The van der Waals surface area contributed by atoms with Crippen molar-refractivity contribution in [1.29, 1.82) is 0 Å². The van der Waals surface area contributed by atoms with Crippen LogP contribution in [0, 0.1) is 12.7 Å². The average molecular weight is 168 g/mol. The quantitative estimate of drug-likeness (QED) is 0.659. The molecule has 0 saturated heterocycles. The van der Waals surface area contributed by atoms with Gasteiger partial charge in [-0.15, -0.1) is 0 Å². The molecule has 0 aliphatic rings. The number of ether oxygens (including phenoxy) is 1. The maximum absolute atomic E-state index is 12.7. The van der Waals surface area contributed by atoms with Crippen molar-refractivity contribution < 1.29 is 9.13 Å². The Labute approximate surface area is 72.2 Å². The SMILES string of the molecule is Cc1ccc(F)cc1OC(C)C. The van der Waals surface area contributed by atoms with E-state index >= 15 is 0 Å². The smallest absolute Gasteiger partial charge is 0.126 e. The van der Waals surface area contributed by atoms with E-state index in [0.717, 1.165) is 5.56 Å². The van der Waals surface area contributed by atoms with Crippen LogP contribution >= 0.6 is 0 Å². The third kappa shape index (κ3) is 2.22. The molecule has 0 spiro atoms. The molecule has 0 aliphatic heterocycles. The minimum Gasteiger partial charge on any atom is -0.491 e. The lowest BCUT2D eigenvalue weighted by atomic mass is 10.2. The van der Waals surface area contributed by atoms with Crippen LogP contribution in [0.3, 0.4) is 0 Å². The summed E-state index contributed by atoms with van der Waals surface area (Å²) in [5.41, 5.74) is 0.963. The minimum absolute atomic E-state index is 0.0884. The Morgan fingerprint density at radius 2 is 2.00 bits per heavy atom. The van der Waals surface area contributed by atoms with Crippen LogP contribution < -0.4 is 4.74 Å². The van der Waals surface area contributed by atoms with Crippen LogP contribution in [0.1, 0.15) is 19.4 Å². The Morgan fingerprint density at radius 1 is 1.33 bits per heavy atom. The maximum Gasteiger partial charge on any atom is 0.126 e. The summed E-state index contributed by atoms with van der Waals surface area (Å²) in [4.78, 5) is 0. The van der Waals surface area contributed by atoms with Gasteiger partial charge in [0, 0.05) is 6.07 Å². The molecule has 0 amide bonds. The predicted octanol–water partition coefficient (Wildman–Crippen LogP) is 2.92. The zero-order valence-corrected chi connectivity index (χ0v) is 7.60. The number of benzene rings is 1. The van der Waals surface area contributed by atoms with E-state index in [1.807, 2.05) is 20.8 Å². The first-order valence-corrected chi connectivity index (χ1v) is 4.02. The van der Waals surface area contributed by atoms with Crippen LogP contribution in [-0.4, -0.2) is 6.10 Å². The van der Waals surface area contributed by atoms with Crippen molar-refractivity contribution in [3.8, 4) is 5.75 Å². The van der Waals surface area contributed by atoms with Crippen molar-refractivity contribution in [3.63, 3.8) is 0 Å². The zero-order valence-electron chi connectivity index (χ0n) is 7.60. The van der Waals surface area contributed by atoms with Crippen molar-refractivity contribution in [2.24, 2.45) is 0 Å². The largest absolute Gasteiger partial charge is 0.491 e. The van der Waals surface area contributed by atoms with Gasteiger partial charge in [0.25, 0.3) is 0 Å². The van der Waals surface area contributed by atoms with Gasteiger partial charge < -0.3 is 4.74 Å². The van der Waals surface area contributed by atoms with E-state index in [4.69, 9.17) is 4.74 Å². The third-order valence-electron chi connectivity index (χ3n) is 1.51. The van der Waals surface area contributed by atoms with Crippen molar-refractivity contribution in [2.45, 2.75) is 26.9 Å². The van der Waals surface area contributed by atoms with E-state index in [9.17, 15) is 4.39 Å². The lowest BCUT2D eigenvalue weighted by molar-refractivity contribution is 0.239. The molecular weight excluding hydrogens is 155 g/mol. The Balaban J connectivity index is 2.90. The number of halogens is 1. The van der Waals surface area contributed by atoms with E-state index in [-0.39, 0.29) is 11.9 Å². The highest BCUT2D eigenvalue weighted by Crippen LogP contribution is 2.19. The van der Waals surface area contributed by atoms with Gasteiger partial charge in [-0.3, -0.25) is 0 Å². The molecule has 66 valence electrons. The van der Waals surface area contributed by atoms with Crippen molar-refractivity contribution >= 4 is 0 Å². The topological polar surface area (TPSA) is 9.23 Å². The lowest BCUT2D eigenvalue weighted by Gasteiger charge is -2.11. The van der Waals surface area contributed by atoms with Crippen LogP contribution in [0.25, 0.3) is 0 Å². The Morgan fingerprint density at radius 3 is 2.58 bits per heavy atom. The van der Waals surface area contributed by atoms with Gasteiger partial charge in [-0.05, 0) is 32.4 Å². The van der Waals surface area contributed by atoms with Gasteiger partial charge >= 0.3 is 0 Å². The molecule has 0 aromatic heterocycles. The van der Waals surface area contributed by atoms with E-state index in [1.54, 1.807) is 6.07 Å². The highest BCUT2D eigenvalue weighted by molar-refractivity contribution is 5.32. The fraction of sp³-hybridized carbons (Fsp3) is 0.400. The van der Waals surface area contributed by atoms with Crippen LogP contribution in [0.5, 0.6) is 5.75 Å². The van der Waals surface area contributed by atoms with Gasteiger partial charge in [-0.1, -0.05) is 6.07 Å². The summed E-state index contributed by atoms with van der Waals surface area (Å²) in [6.45, 7) is 5.74. The molecule has 1 aromatic rings. The normalized spacial score (nSPS) is 10.4. The van der Waals surface area contributed by atoms with E-state index in [1.165, 1.54) is 12.1 Å². The predicted molar refractivity (Wildman–Crippen MR) is 46.9 cm³/mol. The molecule has 12 heavy (non-hydrogen) atoms. The van der Waals surface area contributed by atoms with Gasteiger partial charge in [0.15, 0.2) is 0 Å². The van der Waals surface area contributed by atoms with Gasteiger partial charge in [0.1, 0.15) is 11.6 Å². The van der Waals surface area contributed by atoms with E-state index in [0.29, 0.717) is 5.75 Å². The molecule has 0 heterocycles. The average Bonchev–Trinajstić information content (AvgIpc) is 1.96. The summed E-state index contributed by atoms with van der Waals surface area (Å²) in [5.74, 6) is 0.376. The van der Waals surface area contributed by atoms with Crippen molar-refractivity contribution in [1.82, 2.24) is 0 Å². The molecule has 0 radical (unpaired) electrons. The summed E-state index contributed by atoms with van der Waals surface area (Å²) in [6, 6.07) is 4.56. The summed E-state index contributed by atoms with van der Waals surface area (Å²) in [5, 5.41) is 0. The van der Waals surface area contributed by atoms with Crippen molar-refractivity contribution in [2.75, 3.05) is 0 Å². The zero-order chi connectivity index (χ0) is 9.14. The first-order chi connectivity index (χ1) is 5.59. The monoisotopic (exact) mass is 168 g/mol. The second-order valence-electron chi connectivity index (χ2n) is 3.08. The van der Waals surface area contributed by atoms with E-state index < -0.39 is 0 Å². The molecule has 0 N–H and O–H groups in total. The fourth-order valence-electron chi connectivity index (χ4n) is 0.955. The molecule has 0 aliphatic carbocycles. The maximum atomic E-state index is 12.7. The third-order valence-corrected chi connectivity index (χ3v) is 1.51. The second-order valence-corrected chi connectivity index (χ2v) is 3.08. The first kappa shape index (κ1) is 9.04. The minimum atomic E-state index is -0.253. The fourth-order valence-corrected chi connectivity index (χ4v) is 0.955. The van der Waals surface area contributed by atoms with Gasteiger partial charge in [0.2, 0.25) is 0 Å². The summed E-state index contributed by atoms with van der Waals surface area (Å²) in [7, 11) is 0. The van der Waals surface area contributed by atoms with Crippen LogP contribution in [0.4, 0.5) is 4.39 Å². The summed E-state index contributed by atoms with van der Waals surface area (Å²) < 4.78 is 18.1. The highest BCUT2D eigenvalue weighted by Gasteiger charge is 2.02. The van der Waals surface area contributed by atoms with Gasteiger partial charge in [0.05, 0.1) is 6.10 Å². The van der Waals surface area contributed by atoms with Gasteiger partial charge in [-0.25, -0.2) is 4.39 Å². The number of hydrogen-bond acceptors (Lipinski definition) is 1. The molecule has 1 rings (SSSR count). The number of hydrogen-bond donors (Lipinski definition) is 0. The Bertz CT molecular complexity index is 269. The molecule has 2 heteroatoms. The summed E-state index contributed by atoms with van der Waals surface area (Å²) >= 11 is 0. The lowest BCUT2D eigenvalue weighted by Crippen LogP contribution is -2.06. The molecule has 0 atom stereocenters. The molecule has 0 saturated carbocycles. The number of aryl methyl sites for hydroxylation is 1. The molecule has 1 aromatic carbocycles. The Kier molecular flexibility index (Phi) is 2.69. The standard InChI is InChI=1S/C10H13FO/c1-7(2)12-10-6-9(11)5-4-8(10)3/h4-7H,1-3H3. The van der Waals surface area contributed by atoms with Crippen LogP contribution in [-0.2, 0) is 0 Å². The molecule has 0 unspecified atom stereocenters. The van der Waals surface area contributed by atoms with Crippen LogP contribution in [0.2, 0.25) is 0 Å². The highest BCUT2D eigenvalue weighted by atomic mass is 19.1. The Hall–Kier alpha value is -1.05. The number of rotatable bonds is 2. The van der Waals surface area contributed by atoms with Gasteiger partial charge in [-0.2, -0.15) is 0 Å². The van der Waals surface area contributed by atoms with Crippen molar-refractivity contribution in [3.05, 3.63) is 29.6 Å². The van der Waals surface area contributed by atoms with Crippen LogP contribution in [0.15, 0.2) is 18.2 Å². The second kappa shape index (κ2) is 3.57. The van der Waals surface area contributed by atoms with E-state index in [2.05, 4.69) is 0 Å². The molecule has 0 fully saturated rings. The summed E-state index contributed by atoms with van der Waals surface area (Å²) in [6.07, 6.45) is 0.0884. The molecular formula is C10H13FO.